The predicted molar refractivity (Wildman–Crippen MR) is 110 cm³/mol. The third kappa shape index (κ3) is 3.89. The standard InChI is InChI=1S/C21H20N8/c1-14(2)29-13-24-18-20(23-9-7-15-3-5-16(11-22)6-4-15)27-19(28-21(18)29)17-8-10-25-26-12-17/h3-6,8,10,12-14H,7,9H2,1-2H3,(H,23,27,28). The van der Waals surface area contributed by atoms with Crippen LogP contribution in [0.15, 0.2) is 49.1 Å². The number of benzene rings is 1. The van der Waals surface area contributed by atoms with E-state index in [-0.39, 0.29) is 6.04 Å². The first kappa shape index (κ1) is 18.5. The number of fused-ring (bicyclic) bond motifs is 1. The molecule has 0 aliphatic rings. The van der Waals surface area contributed by atoms with Gasteiger partial charge in [-0.3, -0.25) is 0 Å². The van der Waals surface area contributed by atoms with Gasteiger partial charge in [0.25, 0.3) is 0 Å². The van der Waals surface area contributed by atoms with Crippen molar-refractivity contribution >= 4 is 17.0 Å². The number of aromatic nitrogens is 6. The van der Waals surface area contributed by atoms with Crippen LogP contribution in [0.25, 0.3) is 22.6 Å². The van der Waals surface area contributed by atoms with Crippen LogP contribution in [-0.4, -0.2) is 36.3 Å². The summed E-state index contributed by atoms with van der Waals surface area (Å²) in [6, 6.07) is 11.8. The number of hydrogen-bond acceptors (Lipinski definition) is 7. The van der Waals surface area contributed by atoms with Crippen LogP contribution in [0.4, 0.5) is 5.82 Å². The molecule has 3 heterocycles. The minimum Gasteiger partial charge on any atom is -0.368 e. The van der Waals surface area contributed by atoms with Crippen molar-refractivity contribution in [1.29, 1.82) is 5.26 Å². The Kier molecular flexibility index (Phi) is 5.12. The second kappa shape index (κ2) is 8.02. The van der Waals surface area contributed by atoms with Gasteiger partial charge in [-0.25, -0.2) is 15.0 Å². The fourth-order valence-corrected chi connectivity index (χ4v) is 3.04. The number of nitriles is 1. The number of rotatable bonds is 6. The molecule has 0 radical (unpaired) electrons. The molecule has 1 N–H and O–H groups in total. The van der Waals surface area contributed by atoms with E-state index >= 15 is 0 Å². The molecular formula is C21H20N8. The summed E-state index contributed by atoms with van der Waals surface area (Å²) in [5, 5.41) is 20.1. The zero-order chi connectivity index (χ0) is 20.2. The molecule has 1 aromatic carbocycles. The molecular weight excluding hydrogens is 364 g/mol. The minimum absolute atomic E-state index is 0.227. The molecule has 0 bridgehead atoms. The van der Waals surface area contributed by atoms with Crippen molar-refractivity contribution in [2.45, 2.75) is 26.3 Å². The Labute approximate surface area is 168 Å². The van der Waals surface area contributed by atoms with Gasteiger partial charge in [0, 0.05) is 18.2 Å². The van der Waals surface area contributed by atoms with Crippen molar-refractivity contribution in [3.05, 3.63) is 60.2 Å². The van der Waals surface area contributed by atoms with Crippen molar-refractivity contribution in [3.8, 4) is 17.5 Å². The highest BCUT2D eigenvalue weighted by Gasteiger charge is 2.15. The first-order valence-electron chi connectivity index (χ1n) is 9.40. The molecule has 0 amide bonds. The van der Waals surface area contributed by atoms with E-state index in [1.807, 2.05) is 34.9 Å². The topological polar surface area (TPSA) is 105 Å². The molecule has 0 fully saturated rings. The van der Waals surface area contributed by atoms with Crippen LogP contribution in [0.3, 0.4) is 0 Å². The van der Waals surface area contributed by atoms with Crippen LogP contribution in [0.1, 0.15) is 31.0 Å². The lowest BCUT2D eigenvalue weighted by molar-refractivity contribution is 0.613. The molecule has 0 spiro atoms. The van der Waals surface area contributed by atoms with Crippen molar-refractivity contribution in [2.24, 2.45) is 0 Å². The van der Waals surface area contributed by atoms with Crippen molar-refractivity contribution in [2.75, 3.05) is 11.9 Å². The van der Waals surface area contributed by atoms with E-state index in [2.05, 4.69) is 40.4 Å². The highest BCUT2D eigenvalue weighted by molar-refractivity contribution is 5.85. The Balaban J connectivity index is 1.64. The number of anilines is 1. The van der Waals surface area contributed by atoms with Crippen LogP contribution in [-0.2, 0) is 6.42 Å². The van der Waals surface area contributed by atoms with Gasteiger partial charge in [-0.1, -0.05) is 12.1 Å². The van der Waals surface area contributed by atoms with Crippen molar-refractivity contribution < 1.29 is 0 Å². The summed E-state index contributed by atoms with van der Waals surface area (Å²) in [6.07, 6.45) is 5.87. The van der Waals surface area contributed by atoms with E-state index in [1.165, 1.54) is 0 Å². The zero-order valence-electron chi connectivity index (χ0n) is 16.2. The lowest BCUT2D eigenvalue weighted by Gasteiger charge is -2.11. The van der Waals surface area contributed by atoms with E-state index in [0.29, 0.717) is 23.8 Å². The molecule has 0 aliphatic carbocycles. The molecule has 144 valence electrons. The summed E-state index contributed by atoms with van der Waals surface area (Å²) in [4.78, 5) is 14.0. The molecule has 8 nitrogen and oxygen atoms in total. The number of nitrogens with zero attached hydrogens (tertiary/aromatic N) is 7. The maximum atomic E-state index is 8.92. The predicted octanol–water partition coefficient (Wildman–Crippen LogP) is 3.39. The summed E-state index contributed by atoms with van der Waals surface area (Å²) in [6.45, 7) is 4.87. The lowest BCUT2D eigenvalue weighted by atomic mass is 10.1. The Hall–Kier alpha value is -3.86. The Bertz CT molecular complexity index is 1160. The fourth-order valence-electron chi connectivity index (χ4n) is 3.04. The molecule has 3 aromatic heterocycles. The molecule has 0 aliphatic heterocycles. The van der Waals surface area contributed by atoms with Crippen LogP contribution < -0.4 is 5.32 Å². The van der Waals surface area contributed by atoms with Gasteiger partial charge < -0.3 is 9.88 Å². The van der Waals surface area contributed by atoms with E-state index in [4.69, 9.17) is 15.2 Å². The molecule has 29 heavy (non-hydrogen) atoms. The average Bonchev–Trinajstić information content (AvgIpc) is 3.19. The van der Waals surface area contributed by atoms with Gasteiger partial charge in [0.1, 0.15) is 5.52 Å². The molecule has 4 rings (SSSR count). The van der Waals surface area contributed by atoms with Crippen LogP contribution in [0.2, 0.25) is 0 Å². The van der Waals surface area contributed by atoms with Gasteiger partial charge in [0.15, 0.2) is 17.3 Å². The van der Waals surface area contributed by atoms with Crippen LogP contribution in [0.5, 0.6) is 0 Å². The van der Waals surface area contributed by atoms with Crippen molar-refractivity contribution in [1.82, 2.24) is 29.7 Å². The van der Waals surface area contributed by atoms with Crippen LogP contribution >= 0.6 is 0 Å². The summed E-state index contributed by atoms with van der Waals surface area (Å²) in [5.74, 6) is 1.27. The first-order chi connectivity index (χ1) is 14.2. The number of imidazole rings is 1. The van der Waals surface area contributed by atoms with Gasteiger partial charge in [-0.2, -0.15) is 15.5 Å². The summed E-state index contributed by atoms with van der Waals surface area (Å²) >= 11 is 0. The normalized spacial score (nSPS) is 11.0. The lowest BCUT2D eigenvalue weighted by Crippen LogP contribution is -2.09. The first-order valence-corrected chi connectivity index (χ1v) is 9.40. The maximum Gasteiger partial charge on any atom is 0.166 e. The molecule has 0 unspecified atom stereocenters. The Morgan fingerprint density at radius 3 is 2.62 bits per heavy atom. The third-order valence-corrected chi connectivity index (χ3v) is 4.61. The molecule has 0 atom stereocenters. The second-order valence-corrected chi connectivity index (χ2v) is 6.93. The zero-order valence-corrected chi connectivity index (χ0v) is 16.2. The second-order valence-electron chi connectivity index (χ2n) is 6.93. The SMILES string of the molecule is CC(C)n1cnc2c(NCCc3ccc(C#N)cc3)nc(-c3ccnnc3)nc21. The van der Waals surface area contributed by atoms with Gasteiger partial charge in [0.2, 0.25) is 0 Å². The van der Waals surface area contributed by atoms with Gasteiger partial charge in [-0.05, 0) is 44.0 Å². The van der Waals surface area contributed by atoms with Gasteiger partial charge >= 0.3 is 0 Å². The summed E-state index contributed by atoms with van der Waals surface area (Å²) in [7, 11) is 0. The Morgan fingerprint density at radius 1 is 1.10 bits per heavy atom. The smallest absolute Gasteiger partial charge is 0.166 e. The van der Waals surface area contributed by atoms with Crippen molar-refractivity contribution in [3.63, 3.8) is 0 Å². The quantitative estimate of drug-likeness (QED) is 0.543. The van der Waals surface area contributed by atoms with E-state index in [0.717, 1.165) is 28.7 Å². The number of hydrogen-bond donors (Lipinski definition) is 1. The van der Waals surface area contributed by atoms with Gasteiger partial charge in [-0.15, -0.1) is 0 Å². The summed E-state index contributed by atoms with van der Waals surface area (Å²) < 4.78 is 2.03. The fraction of sp³-hybridized carbons (Fsp3) is 0.238. The van der Waals surface area contributed by atoms with E-state index in [9.17, 15) is 0 Å². The molecule has 4 aromatic rings. The molecule has 8 heteroatoms. The Morgan fingerprint density at radius 2 is 1.93 bits per heavy atom. The monoisotopic (exact) mass is 384 g/mol. The van der Waals surface area contributed by atoms with E-state index in [1.54, 1.807) is 18.7 Å². The molecule has 0 saturated carbocycles. The van der Waals surface area contributed by atoms with E-state index < -0.39 is 0 Å². The highest BCUT2D eigenvalue weighted by atomic mass is 15.2. The average molecular weight is 384 g/mol. The largest absolute Gasteiger partial charge is 0.368 e. The minimum atomic E-state index is 0.227. The summed E-state index contributed by atoms with van der Waals surface area (Å²) in [5.41, 5.74) is 4.13. The third-order valence-electron chi connectivity index (χ3n) is 4.61. The van der Waals surface area contributed by atoms with Crippen LogP contribution in [0, 0.1) is 11.3 Å². The maximum absolute atomic E-state index is 8.92. The van der Waals surface area contributed by atoms with Gasteiger partial charge in [0.05, 0.1) is 30.4 Å². The molecule has 0 saturated heterocycles. The highest BCUT2D eigenvalue weighted by Crippen LogP contribution is 2.25. The number of nitrogens with one attached hydrogen (secondary N) is 1.